The molecule has 0 fully saturated rings. The Morgan fingerprint density at radius 2 is 1.83 bits per heavy atom. The lowest BCUT2D eigenvalue weighted by Gasteiger charge is -2.09. The number of nitrogens with two attached hydrogens (primary N) is 1. The molecule has 2 rings (SSSR count). The highest BCUT2D eigenvalue weighted by Gasteiger charge is 2.08. The van der Waals surface area contributed by atoms with Crippen molar-refractivity contribution in [2.75, 3.05) is 11.1 Å². The van der Waals surface area contributed by atoms with Crippen LogP contribution in [0.2, 0.25) is 0 Å². The number of hydrogen-bond acceptors (Lipinski definition) is 2. The first-order valence-corrected chi connectivity index (χ1v) is 5.49. The molecule has 3 N–H and O–H groups in total. The summed E-state index contributed by atoms with van der Waals surface area (Å²) in [5.74, 6) is -0.686. The zero-order valence-corrected chi connectivity index (χ0v) is 9.91. The van der Waals surface area contributed by atoms with E-state index < -0.39 is 0 Å². The maximum Gasteiger partial charge on any atom is 0.255 e. The Morgan fingerprint density at radius 1 is 1.17 bits per heavy atom. The van der Waals surface area contributed by atoms with Crippen LogP contribution in [0, 0.1) is 12.7 Å². The first-order chi connectivity index (χ1) is 8.56. The normalized spacial score (nSPS) is 10.1. The van der Waals surface area contributed by atoms with Crippen molar-refractivity contribution in [3.8, 4) is 0 Å². The van der Waals surface area contributed by atoms with Gasteiger partial charge in [-0.1, -0.05) is 6.07 Å². The molecule has 4 heteroatoms. The number of hydrogen-bond donors (Lipinski definition) is 2. The van der Waals surface area contributed by atoms with Crippen LogP contribution in [-0.4, -0.2) is 5.91 Å². The van der Waals surface area contributed by atoms with Crippen LogP contribution >= 0.6 is 0 Å². The van der Waals surface area contributed by atoms with Crippen molar-refractivity contribution in [2.24, 2.45) is 0 Å². The molecule has 0 spiro atoms. The largest absolute Gasteiger partial charge is 0.397 e. The second-order valence-corrected chi connectivity index (χ2v) is 4.05. The van der Waals surface area contributed by atoms with E-state index in [1.54, 1.807) is 12.1 Å². The maximum atomic E-state index is 12.7. The number of amides is 1. The van der Waals surface area contributed by atoms with Crippen molar-refractivity contribution in [3.63, 3.8) is 0 Å². The fourth-order valence-corrected chi connectivity index (χ4v) is 1.57. The van der Waals surface area contributed by atoms with E-state index >= 15 is 0 Å². The van der Waals surface area contributed by atoms with E-state index in [0.717, 1.165) is 5.56 Å². The van der Waals surface area contributed by atoms with Gasteiger partial charge in [0, 0.05) is 5.56 Å². The summed E-state index contributed by atoms with van der Waals surface area (Å²) < 4.78 is 12.7. The third kappa shape index (κ3) is 2.66. The highest BCUT2D eigenvalue weighted by molar-refractivity contribution is 6.05. The fraction of sp³-hybridized carbons (Fsp3) is 0.0714. The highest BCUT2D eigenvalue weighted by atomic mass is 19.1. The van der Waals surface area contributed by atoms with Gasteiger partial charge >= 0.3 is 0 Å². The van der Waals surface area contributed by atoms with Crippen molar-refractivity contribution in [3.05, 3.63) is 59.4 Å². The van der Waals surface area contributed by atoms with Gasteiger partial charge in [0.15, 0.2) is 0 Å². The number of nitrogens with one attached hydrogen (secondary N) is 1. The molecule has 0 aromatic heterocycles. The smallest absolute Gasteiger partial charge is 0.255 e. The van der Waals surface area contributed by atoms with Gasteiger partial charge in [-0.3, -0.25) is 4.79 Å². The molecule has 92 valence electrons. The molecule has 0 unspecified atom stereocenters. The number of rotatable bonds is 2. The molecule has 0 saturated heterocycles. The van der Waals surface area contributed by atoms with Gasteiger partial charge in [0.05, 0.1) is 11.4 Å². The van der Waals surface area contributed by atoms with Gasteiger partial charge in [0.1, 0.15) is 5.82 Å². The summed E-state index contributed by atoms with van der Waals surface area (Å²) in [5.41, 5.74) is 8.21. The van der Waals surface area contributed by atoms with Crippen LogP contribution < -0.4 is 11.1 Å². The molecule has 2 aromatic rings. The molecule has 0 bridgehead atoms. The number of nitrogen functional groups attached to an aromatic ring is 1. The minimum absolute atomic E-state index is 0.313. The zero-order valence-electron chi connectivity index (χ0n) is 9.91. The molecule has 18 heavy (non-hydrogen) atoms. The van der Waals surface area contributed by atoms with E-state index in [9.17, 15) is 9.18 Å². The van der Waals surface area contributed by atoms with Gasteiger partial charge < -0.3 is 11.1 Å². The molecular formula is C14H13FN2O. The van der Waals surface area contributed by atoms with E-state index in [0.29, 0.717) is 16.9 Å². The van der Waals surface area contributed by atoms with Crippen LogP contribution in [0.15, 0.2) is 42.5 Å². The predicted octanol–water partition coefficient (Wildman–Crippen LogP) is 2.97. The molecule has 2 aromatic carbocycles. The number of anilines is 2. The fourth-order valence-electron chi connectivity index (χ4n) is 1.57. The average molecular weight is 244 g/mol. The molecular weight excluding hydrogens is 231 g/mol. The van der Waals surface area contributed by atoms with Gasteiger partial charge in [-0.05, 0) is 48.9 Å². The van der Waals surface area contributed by atoms with Crippen LogP contribution in [0.25, 0.3) is 0 Å². The van der Waals surface area contributed by atoms with Gasteiger partial charge in [0.2, 0.25) is 0 Å². The minimum Gasteiger partial charge on any atom is -0.397 e. The highest BCUT2D eigenvalue weighted by Crippen LogP contribution is 2.20. The third-order valence-electron chi connectivity index (χ3n) is 2.56. The second kappa shape index (κ2) is 4.87. The van der Waals surface area contributed by atoms with Crippen LogP contribution in [0.5, 0.6) is 0 Å². The summed E-state index contributed by atoms with van der Waals surface area (Å²) in [5, 5.41) is 2.70. The quantitative estimate of drug-likeness (QED) is 0.798. The standard InChI is InChI=1S/C14H13FN2O/c1-9-2-7-12(16)13(8-9)17-14(18)10-3-5-11(15)6-4-10/h2-8H,16H2,1H3,(H,17,18). The summed E-state index contributed by atoms with van der Waals surface area (Å²) in [6.07, 6.45) is 0. The Bertz CT molecular complexity index is 579. The number of halogens is 1. The Morgan fingerprint density at radius 3 is 2.50 bits per heavy atom. The van der Waals surface area contributed by atoms with Crippen molar-refractivity contribution in [1.82, 2.24) is 0 Å². The lowest BCUT2D eigenvalue weighted by Crippen LogP contribution is -2.13. The van der Waals surface area contributed by atoms with E-state index in [2.05, 4.69) is 5.32 Å². The third-order valence-corrected chi connectivity index (χ3v) is 2.56. The molecule has 0 aliphatic carbocycles. The van der Waals surface area contributed by atoms with Crippen molar-refractivity contribution < 1.29 is 9.18 Å². The number of benzene rings is 2. The van der Waals surface area contributed by atoms with Crippen molar-refractivity contribution >= 4 is 17.3 Å². The Balaban J connectivity index is 2.21. The lowest BCUT2D eigenvalue weighted by molar-refractivity contribution is 0.102. The van der Waals surface area contributed by atoms with Gasteiger partial charge in [-0.15, -0.1) is 0 Å². The molecule has 0 saturated carbocycles. The monoisotopic (exact) mass is 244 g/mol. The maximum absolute atomic E-state index is 12.7. The van der Waals surface area contributed by atoms with Gasteiger partial charge in [0.25, 0.3) is 5.91 Å². The SMILES string of the molecule is Cc1ccc(N)c(NC(=O)c2ccc(F)cc2)c1. The first kappa shape index (κ1) is 12.1. The first-order valence-electron chi connectivity index (χ1n) is 5.49. The van der Waals surface area contributed by atoms with Crippen molar-refractivity contribution in [2.45, 2.75) is 6.92 Å². The van der Waals surface area contributed by atoms with Gasteiger partial charge in [-0.25, -0.2) is 4.39 Å². The van der Waals surface area contributed by atoms with Crippen LogP contribution in [0.1, 0.15) is 15.9 Å². The zero-order chi connectivity index (χ0) is 13.1. The number of aryl methyl sites for hydroxylation is 1. The van der Waals surface area contributed by atoms with Gasteiger partial charge in [-0.2, -0.15) is 0 Å². The lowest BCUT2D eigenvalue weighted by atomic mass is 10.1. The summed E-state index contributed by atoms with van der Waals surface area (Å²) in [4.78, 5) is 11.9. The van der Waals surface area contributed by atoms with Crippen molar-refractivity contribution in [1.29, 1.82) is 0 Å². The summed E-state index contributed by atoms with van der Waals surface area (Å²) in [6.45, 7) is 1.91. The summed E-state index contributed by atoms with van der Waals surface area (Å²) >= 11 is 0. The van der Waals surface area contributed by atoms with Crippen LogP contribution in [0.3, 0.4) is 0 Å². The molecule has 1 amide bonds. The summed E-state index contributed by atoms with van der Waals surface area (Å²) in [7, 11) is 0. The van der Waals surface area contributed by atoms with E-state index in [1.165, 1.54) is 24.3 Å². The van der Waals surface area contributed by atoms with E-state index in [-0.39, 0.29) is 11.7 Å². The average Bonchev–Trinajstić information content (AvgIpc) is 2.34. The Labute approximate surface area is 104 Å². The Kier molecular flexibility index (Phi) is 3.28. The molecule has 0 heterocycles. The molecule has 0 radical (unpaired) electrons. The molecule has 0 aliphatic heterocycles. The number of carbonyl (C=O) groups is 1. The second-order valence-electron chi connectivity index (χ2n) is 4.05. The van der Waals surface area contributed by atoms with Crippen LogP contribution in [0.4, 0.5) is 15.8 Å². The van der Waals surface area contributed by atoms with Crippen LogP contribution in [-0.2, 0) is 0 Å². The molecule has 3 nitrogen and oxygen atoms in total. The van der Waals surface area contributed by atoms with E-state index in [1.807, 2.05) is 13.0 Å². The molecule has 0 atom stereocenters. The van der Waals surface area contributed by atoms with E-state index in [4.69, 9.17) is 5.73 Å². The minimum atomic E-state index is -0.374. The summed E-state index contributed by atoms with van der Waals surface area (Å²) in [6, 6.07) is 10.7. The Hall–Kier alpha value is -2.36. The molecule has 0 aliphatic rings. The predicted molar refractivity (Wildman–Crippen MR) is 69.9 cm³/mol. The topological polar surface area (TPSA) is 55.1 Å². The number of carbonyl (C=O) groups excluding carboxylic acids is 1.